The maximum atomic E-state index is 15.2. The number of unbranched alkanes of at least 4 members (excludes halogenated alkanes) is 2. The van der Waals surface area contributed by atoms with E-state index in [0.29, 0.717) is 17.7 Å². The average Bonchev–Trinajstić information content (AvgIpc) is 3.02. The third kappa shape index (κ3) is 8.24. The van der Waals surface area contributed by atoms with Gasteiger partial charge in [-0.15, -0.1) is 0 Å². The lowest BCUT2D eigenvalue weighted by Crippen LogP contribution is -2.21. The molecule has 0 bridgehead atoms. The van der Waals surface area contributed by atoms with Gasteiger partial charge in [0.2, 0.25) is 0 Å². The fourth-order valence-electron chi connectivity index (χ4n) is 5.10. The molecular weight excluding hydrogens is 641 g/mol. The number of ether oxygens (including phenoxy) is 1. The summed E-state index contributed by atoms with van der Waals surface area (Å²) in [7, 11) is 0. The second-order valence-corrected chi connectivity index (χ2v) is 11.4. The van der Waals surface area contributed by atoms with Gasteiger partial charge in [0.1, 0.15) is 34.8 Å². The predicted octanol–water partition coefficient (Wildman–Crippen LogP) is 12.5. The Kier molecular flexibility index (Phi) is 10.4. The number of hydrogen-bond acceptors (Lipinski definition) is 1. The summed E-state index contributed by atoms with van der Waals surface area (Å²) in [6.45, 7) is 2.15. The maximum absolute atomic E-state index is 15.2. The largest absolute Gasteiger partial charge is 0.429 e. The van der Waals surface area contributed by atoms with Crippen LogP contribution in [0.3, 0.4) is 0 Å². The van der Waals surface area contributed by atoms with E-state index in [9.17, 15) is 22.0 Å². The Balaban J connectivity index is 1.32. The van der Waals surface area contributed by atoms with Gasteiger partial charge in [-0.2, -0.15) is 8.78 Å². The highest BCUT2D eigenvalue weighted by molar-refractivity contribution is 6.30. The molecule has 5 rings (SSSR count). The van der Waals surface area contributed by atoms with Gasteiger partial charge >= 0.3 is 6.11 Å². The Labute approximate surface area is 272 Å². The molecular formula is C38H28ClF7O. The Morgan fingerprint density at radius 2 is 1.19 bits per heavy atom. The van der Waals surface area contributed by atoms with Crippen molar-refractivity contribution in [2.24, 2.45) is 0 Å². The molecule has 0 aliphatic heterocycles. The van der Waals surface area contributed by atoms with Gasteiger partial charge in [0.15, 0.2) is 0 Å². The lowest BCUT2D eigenvalue weighted by molar-refractivity contribution is -0.131. The number of hydrogen-bond donors (Lipinski definition) is 0. The van der Waals surface area contributed by atoms with Crippen LogP contribution in [0, 0.1) is 29.1 Å². The topological polar surface area (TPSA) is 9.23 Å². The Bertz CT molecular complexity index is 1900. The second-order valence-electron chi connectivity index (χ2n) is 11.0. The quantitative estimate of drug-likeness (QED) is 0.101. The van der Waals surface area contributed by atoms with Crippen LogP contribution < -0.4 is 4.74 Å². The van der Waals surface area contributed by atoms with Gasteiger partial charge in [0.05, 0.1) is 5.02 Å². The van der Waals surface area contributed by atoms with Crippen LogP contribution in [0.4, 0.5) is 30.7 Å². The molecule has 0 radical (unpaired) electrons. The molecule has 0 aromatic heterocycles. The molecule has 5 aromatic rings. The van der Waals surface area contributed by atoms with E-state index in [1.807, 2.05) is 24.3 Å². The summed E-state index contributed by atoms with van der Waals surface area (Å²) in [6.07, 6.45) is 0.885. The van der Waals surface area contributed by atoms with Gasteiger partial charge in [-0.1, -0.05) is 79.9 Å². The minimum atomic E-state index is -4.06. The van der Waals surface area contributed by atoms with Gasteiger partial charge in [-0.05, 0) is 83.1 Å². The minimum absolute atomic E-state index is 0.0968. The smallest absolute Gasteiger partial charge is 0.419 e. The van der Waals surface area contributed by atoms with E-state index in [0.717, 1.165) is 61.6 Å². The monoisotopic (exact) mass is 668 g/mol. The van der Waals surface area contributed by atoms with Crippen molar-refractivity contribution in [3.63, 3.8) is 0 Å². The summed E-state index contributed by atoms with van der Waals surface area (Å²) in [5.74, 6) is -5.49. The minimum Gasteiger partial charge on any atom is -0.429 e. The molecule has 0 amide bonds. The Morgan fingerprint density at radius 1 is 0.617 bits per heavy atom. The first-order valence-corrected chi connectivity index (χ1v) is 15.2. The third-order valence-electron chi connectivity index (χ3n) is 7.58. The van der Waals surface area contributed by atoms with Crippen molar-refractivity contribution < 1.29 is 35.5 Å². The normalized spacial score (nSPS) is 11.8. The zero-order chi connectivity index (χ0) is 33.7. The molecule has 47 heavy (non-hydrogen) atoms. The van der Waals surface area contributed by atoms with Crippen LogP contribution in [0.5, 0.6) is 5.75 Å². The molecule has 0 N–H and O–H groups in total. The van der Waals surface area contributed by atoms with E-state index in [1.54, 1.807) is 6.07 Å². The van der Waals surface area contributed by atoms with E-state index >= 15 is 8.78 Å². The molecule has 0 atom stereocenters. The van der Waals surface area contributed by atoms with E-state index in [4.69, 9.17) is 11.6 Å². The molecule has 0 fully saturated rings. The van der Waals surface area contributed by atoms with Crippen LogP contribution in [-0.2, 0) is 6.42 Å². The molecule has 0 saturated heterocycles. The van der Waals surface area contributed by atoms with Crippen LogP contribution in [0.1, 0.15) is 37.3 Å². The van der Waals surface area contributed by atoms with Gasteiger partial charge in [-0.25, -0.2) is 22.0 Å². The van der Waals surface area contributed by atoms with Crippen molar-refractivity contribution in [1.82, 2.24) is 0 Å². The van der Waals surface area contributed by atoms with E-state index in [1.165, 1.54) is 29.8 Å². The summed E-state index contributed by atoms with van der Waals surface area (Å²) >= 11 is 5.52. The van der Waals surface area contributed by atoms with Crippen molar-refractivity contribution in [2.45, 2.75) is 38.7 Å². The highest BCUT2D eigenvalue weighted by Crippen LogP contribution is 2.34. The summed E-state index contributed by atoms with van der Waals surface area (Å²) in [6, 6.07) is 20.5. The van der Waals surface area contributed by atoms with E-state index < -0.39 is 46.5 Å². The number of halogens is 8. The lowest BCUT2D eigenvalue weighted by atomic mass is 9.96. The highest BCUT2D eigenvalue weighted by Gasteiger charge is 2.28. The number of rotatable bonds is 11. The Hall–Kier alpha value is -4.56. The first-order chi connectivity index (χ1) is 22.4. The molecule has 0 spiro atoms. The molecule has 0 unspecified atom stereocenters. The molecule has 242 valence electrons. The standard InChI is InChI=1S/C38H28ClF7O/c1-2-3-4-5-23-6-8-24(9-7-23)25-10-13-29(33(40)18-25)26-11-14-30(34(41)19-26)27-20-35(42)31(36(43)21-27)16-17-38(45,46)47-28-12-15-32(39)37(44)22-28/h6-22H,2-5H2,1H3. The number of alkyl halides is 2. The van der Waals surface area contributed by atoms with Crippen molar-refractivity contribution in [3.8, 4) is 39.1 Å². The number of benzene rings is 5. The van der Waals surface area contributed by atoms with Crippen LogP contribution in [0.15, 0.2) is 97.1 Å². The molecule has 9 heteroatoms. The molecule has 1 nitrogen and oxygen atoms in total. The lowest BCUT2D eigenvalue weighted by Gasteiger charge is -2.15. The zero-order valence-corrected chi connectivity index (χ0v) is 25.8. The van der Waals surface area contributed by atoms with Crippen LogP contribution in [0.25, 0.3) is 39.5 Å². The molecule has 0 saturated carbocycles. The predicted molar refractivity (Wildman–Crippen MR) is 172 cm³/mol. The first-order valence-electron chi connectivity index (χ1n) is 14.8. The van der Waals surface area contributed by atoms with Crippen molar-refractivity contribution in [2.75, 3.05) is 0 Å². The Morgan fingerprint density at radius 3 is 1.81 bits per heavy atom. The highest BCUT2D eigenvalue weighted by atomic mass is 35.5. The second kappa shape index (κ2) is 14.5. The fraction of sp³-hybridized carbons (Fsp3) is 0.158. The molecule has 0 aliphatic carbocycles. The molecule has 0 heterocycles. The van der Waals surface area contributed by atoms with Gasteiger partial charge in [-0.3, -0.25) is 0 Å². The zero-order valence-electron chi connectivity index (χ0n) is 25.1. The van der Waals surface area contributed by atoms with Crippen LogP contribution >= 0.6 is 11.6 Å². The van der Waals surface area contributed by atoms with Gasteiger partial charge in [0.25, 0.3) is 0 Å². The first kappa shape index (κ1) is 33.8. The van der Waals surface area contributed by atoms with Gasteiger partial charge < -0.3 is 4.74 Å². The molecule has 5 aromatic carbocycles. The average molecular weight is 669 g/mol. The molecule has 0 aliphatic rings. The summed E-state index contributed by atoms with van der Waals surface area (Å²) in [5.41, 5.74) is 1.85. The van der Waals surface area contributed by atoms with Crippen molar-refractivity contribution >= 4 is 17.7 Å². The van der Waals surface area contributed by atoms with Crippen molar-refractivity contribution in [3.05, 3.63) is 142 Å². The third-order valence-corrected chi connectivity index (χ3v) is 7.89. The SMILES string of the molecule is CCCCCc1ccc(-c2ccc(-c3ccc(-c4cc(F)c(C=CC(F)(F)Oc5ccc(Cl)c(F)c5)c(F)c4)c(F)c3)c(F)c2)cc1. The van der Waals surface area contributed by atoms with Crippen molar-refractivity contribution in [1.29, 1.82) is 0 Å². The summed E-state index contributed by atoms with van der Waals surface area (Å²) < 4.78 is 107. The van der Waals surface area contributed by atoms with E-state index in [-0.39, 0.29) is 33.4 Å². The van der Waals surface area contributed by atoms with Crippen LogP contribution in [-0.4, -0.2) is 6.11 Å². The number of aryl methyl sites for hydroxylation is 1. The van der Waals surface area contributed by atoms with E-state index in [2.05, 4.69) is 11.7 Å². The fourth-order valence-corrected chi connectivity index (χ4v) is 5.22. The maximum Gasteiger partial charge on any atom is 0.419 e. The van der Waals surface area contributed by atoms with Crippen LogP contribution in [0.2, 0.25) is 5.02 Å². The summed E-state index contributed by atoms with van der Waals surface area (Å²) in [5, 5.41) is -0.303. The summed E-state index contributed by atoms with van der Waals surface area (Å²) in [4.78, 5) is 0. The van der Waals surface area contributed by atoms with Gasteiger partial charge in [0, 0.05) is 28.8 Å².